The van der Waals surface area contributed by atoms with Crippen LogP contribution in [0, 0.1) is 6.92 Å². The van der Waals surface area contributed by atoms with E-state index in [9.17, 15) is 9.59 Å². The number of aromatic nitrogens is 3. The molecule has 2 aromatic heterocycles. The predicted molar refractivity (Wildman–Crippen MR) is 96.6 cm³/mol. The molecule has 26 heavy (non-hydrogen) atoms. The third kappa shape index (κ3) is 3.22. The van der Waals surface area contributed by atoms with Crippen LogP contribution in [0.4, 0.5) is 0 Å². The lowest BCUT2D eigenvalue weighted by Gasteiger charge is -2.32. The van der Waals surface area contributed by atoms with Crippen LogP contribution in [0.15, 0.2) is 29.4 Å². The molecule has 0 aliphatic carbocycles. The topological polar surface area (TPSA) is 106 Å². The van der Waals surface area contributed by atoms with E-state index in [0.717, 1.165) is 11.3 Å². The minimum atomic E-state index is -0.837. The molecule has 0 aromatic carbocycles. The largest absolute Gasteiger partial charge is 0.369 e. The number of hydrogen-bond acceptors (Lipinski definition) is 6. The summed E-state index contributed by atoms with van der Waals surface area (Å²) in [6, 6.07) is 5.38. The van der Waals surface area contributed by atoms with Crippen molar-refractivity contribution < 1.29 is 9.59 Å². The van der Waals surface area contributed by atoms with Gasteiger partial charge in [0.2, 0.25) is 5.91 Å². The van der Waals surface area contributed by atoms with Gasteiger partial charge in [0.1, 0.15) is 11.2 Å². The molecule has 136 valence electrons. The molecule has 0 radical (unpaired) electrons. The Labute approximate surface area is 151 Å². The first-order valence-electron chi connectivity index (χ1n) is 8.31. The SMILES string of the molecule is Cc1cc(C(=O)Cc2ccnc(C3(C)CC(=O)N(C)C(N)=N3)c2)n(C)n1. The van der Waals surface area contributed by atoms with Gasteiger partial charge in [0.15, 0.2) is 11.7 Å². The van der Waals surface area contributed by atoms with Gasteiger partial charge >= 0.3 is 0 Å². The van der Waals surface area contributed by atoms with Crippen molar-refractivity contribution in [2.75, 3.05) is 7.05 Å². The smallest absolute Gasteiger partial charge is 0.231 e. The van der Waals surface area contributed by atoms with E-state index < -0.39 is 5.54 Å². The summed E-state index contributed by atoms with van der Waals surface area (Å²) in [5.41, 5.74) is 7.80. The fraction of sp³-hybridized carbons (Fsp3) is 0.389. The van der Waals surface area contributed by atoms with Gasteiger partial charge in [-0.1, -0.05) is 0 Å². The fourth-order valence-electron chi connectivity index (χ4n) is 3.08. The molecule has 0 spiro atoms. The van der Waals surface area contributed by atoms with Crippen LogP contribution < -0.4 is 5.73 Å². The van der Waals surface area contributed by atoms with Gasteiger partial charge in [0.05, 0.1) is 17.8 Å². The molecular formula is C18H22N6O2. The third-order valence-corrected chi connectivity index (χ3v) is 4.60. The lowest BCUT2D eigenvalue weighted by molar-refractivity contribution is -0.128. The van der Waals surface area contributed by atoms with Gasteiger partial charge < -0.3 is 5.73 Å². The first kappa shape index (κ1) is 17.8. The minimum absolute atomic E-state index is 0.0297. The molecule has 1 unspecified atom stereocenters. The Hall–Kier alpha value is -3.03. The Morgan fingerprint density at radius 1 is 1.35 bits per heavy atom. The Balaban J connectivity index is 1.88. The van der Waals surface area contributed by atoms with Crippen molar-refractivity contribution in [2.45, 2.75) is 32.2 Å². The maximum Gasteiger partial charge on any atom is 0.231 e. The number of carbonyl (C=O) groups excluding carboxylic acids is 2. The summed E-state index contributed by atoms with van der Waals surface area (Å²) in [4.78, 5) is 34.9. The van der Waals surface area contributed by atoms with Gasteiger partial charge in [-0.05, 0) is 37.6 Å². The molecule has 0 fully saturated rings. The van der Waals surface area contributed by atoms with E-state index >= 15 is 0 Å². The number of Topliss-reactive ketones (excluding diaryl/α,β-unsaturated/α-hetero) is 1. The second-order valence-electron chi connectivity index (χ2n) is 6.82. The summed E-state index contributed by atoms with van der Waals surface area (Å²) < 4.78 is 1.59. The molecule has 0 bridgehead atoms. The number of rotatable bonds is 4. The van der Waals surface area contributed by atoms with Crippen molar-refractivity contribution in [1.82, 2.24) is 19.7 Å². The molecule has 2 N–H and O–H groups in total. The number of nitrogens with zero attached hydrogens (tertiary/aromatic N) is 5. The maximum absolute atomic E-state index is 12.6. The third-order valence-electron chi connectivity index (χ3n) is 4.60. The quantitative estimate of drug-likeness (QED) is 0.823. The number of carbonyl (C=O) groups is 2. The highest BCUT2D eigenvalue weighted by Gasteiger charge is 2.37. The monoisotopic (exact) mass is 354 g/mol. The first-order chi connectivity index (χ1) is 12.2. The number of ketones is 1. The predicted octanol–water partition coefficient (Wildman–Crippen LogP) is 0.941. The molecule has 1 aliphatic rings. The molecule has 0 saturated carbocycles. The average Bonchev–Trinajstić information content (AvgIpc) is 2.91. The molecule has 1 aliphatic heterocycles. The second kappa shape index (κ2) is 6.36. The molecule has 0 saturated heterocycles. The van der Waals surface area contributed by atoms with Crippen LogP contribution in [0.2, 0.25) is 0 Å². The molecule has 3 heterocycles. The number of guanidine groups is 1. The van der Waals surface area contributed by atoms with E-state index in [1.165, 1.54) is 4.90 Å². The van der Waals surface area contributed by atoms with Crippen molar-refractivity contribution in [3.05, 3.63) is 47.0 Å². The highest BCUT2D eigenvalue weighted by Crippen LogP contribution is 2.31. The summed E-state index contributed by atoms with van der Waals surface area (Å²) in [6.07, 6.45) is 2.03. The number of aliphatic imine (C=N–C) groups is 1. The lowest BCUT2D eigenvalue weighted by Crippen LogP contribution is -2.47. The van der Waals surface area contributed by atoms with Gasteiger partial charge in [0, 0.05) is 26.7 Å². The number of pyridine rings is 1. The van der Waals surface area contributed by atoms with E-state index in [-0.39, 0.29) is 30.5 Å². The molecule has 1 atom stereocenters. The zero-order valence-corrected chi connectivity index (χ0v) is 15.4. The Morgan fingerprint density at radius 3 is 2.69 bits per heavy atom. The summed E-state index contributed by atoms with van der Waals surface area (Å²) in [7, 11) is 3.35. The normalized spacial score (nSPS) is 20.2. The first-order valence-corrected chi connectivity index (χ1v) is 8.31. The summed E-state index contributed by atoms with van der Waals surface area (Å²) in [6.45, 7) is 3.67. The summed E-state index contributed by atoms with van der Waals surface area (Å²) in [5.74, 6) is 0.0175. The lowest BCUT2D eigenvalue weighted by atomic mass is 9.90. The molecule has 8 heteroatoms. The number of amides is 1. The van der Waals surface area contributed by atoms with Crippen LogP contribution in [0.5, 0.6) is 0 Å². The van der Waals surface area contributed by atoms with Gasteiger partial charge in [-0.2, -0.15) is 5.10 Å². The van der Waals surface area contributed by atoms with Gasteiger partial charge in [-0.25, -0.2) is 4.99 Å². The van der Waals surface area contributed by atoms with Crippen molar-refractivity contribution >= 4 is 17.6 Å². The van der Waals surface area contributed by atoms with Gasteiger partial charge in [0.25, 0.3) is 0 Å². The molecule has 8 nitrogen and oxygen atoms in total. The summed E-state index contributed by atoms with van der Waals surface area (Å²) in [5, 5.41) is 4.21. The van der Waals surface area contributed by atoms with Crippen LogP contribution in [0.1, 0.15) is 40.8 Å². The molecule has 2 aromatic rings. The Morgan fingerprint density at radius 2 is 2.08 bits per heavy atom. The van der Waals surface area contributed by atoms with Crippen LogP contribution in [-0.2, 0) is 23.8 Å². The van der Waals surface area contributed by atoms with Crippen molar-refractivity contribution in [3.8, 4) is 0 Å². The molecule has 1 amide bonds. The summed E-state index contributed by atoms with van der Waals surface area (Å²) >= 11 is 0. The standard InChI is InChI=1S/C18H22N6O2/c1-11-7-13(24(4)22-11)14(25)8-12-5-6-20-15(9-12)18(2)10-16(26)23(3)17(19)21-18/h5-7,9H,8,10H2,1-4H3,(H2,19,21). The van der Waals surface area contributed by atoms with E-state index in [0.29, 0.717) is 11.4 Å². The molecular weight excluding hydrogens is 332 g/mol. The number of hydrogen-bond donors (Lipinski definition) is 1. The minimum Gasteiger partial charge on any atom is -0.369 e. The van der Waals surface area contributed by atoms with Crippen LogP contribution in [0.3, 0.4) is 0 Å². The van der Waals surface area contributed by atoms with Crippen LogP contribution >= 0.6 is 0 Å². The number of aryl methyl sites for hydroxylation is 2. The zero-order valence-electron chi connectivity index (χ0n) is 15.4. The van der Waals surface area contributed by atoms with E-state index in [1.54, 1.807) is 37.1 Å². The fourth-order valence-corrected chi connectivity index (χ4v) is 3.08. The van der Waals surface area contributed by atoms with E-state index in [2.05, 4.69) is 15.1 Å². The highest BCUT2D eigenvalue weighted by atomic mass is 16.2. The average molecular weight is 354 g/mol. The maximum atomic E-state index is 12.6. The van der Waals surface area contributed by atoms with Gasteiger partial charge in [-0.15, -0.1) is 0 Å². The van der Waals surface area contributed by atoms with E-state index in [4.69, 9.17) is 5.73 Å². The molecule has 3 rings (SSSR count). The van der Waals surface area contributed by atoms with Crippen LogP contribution in [0.25, 0.3) is 0 Å². The van der Waals surface area contributed by atoms with Crippen molar-refractivity contribution in [2.24, 2.45) is 17.8 Å². The highest BCUT2D eigenvalue weighted by molar-refractivity contribution is 5.99. The second-order valence-corrected chi connectivity index (χ2v) is 6.82. The zero-order chi connectivity index (χ0) is 19.1. The van der Waals surface area contributed by atoms with Crippen molar-refractivity contribution in [3.63, 3.8) is 0 Å². The Kier molecular flexibility index (Phi) is 4.35. The number of nitrogens with two attached hydrogens (primary N) is 1. The van der Waals surface area contributed by atoms with Crippen LogP contribution in [-0.4, -0.2) is 44.4 Å². The van der Waals surface area contributed by atoms with Gasteiger partial charge in [-0.3, -0.25) is 24.2 Å². The Bertz CT molecular complexity index is 916. The van der Waals surface area contributed by atoms with Crippen molar-refractivity contribution in [1.29, 1.82) is 0 Å². The van der Waals surface area contributed by atoms with E-state index in [1.807, 2.05) is 19.9 Å².